The Labute approximate surface area is 227 Å². The molecule has 2 amide bonds. The van der Waals surface area contributed by atoms with Crippen molar-refractivity contribution >= 4 is 44.7 Å². The van der Waals surface area contributed by atoms with Gasteiger partial charge >= 0.3 is 6.11 Å². The molecule has 204 valence electrons. The van der Waals surface area contributed by atoms with Crippen LogP contribution in [0, 0.1) is 19.7 Å². The molecular formula is C28H26F3N3O4S. The Kier molecular flexibility index (Phi) is 8.10. The molecule has 1 heterocycles. The second kappa shape index (κ2) is 11.3. The standard InChI is InChI=1S/C28H26F3N3O4S/c1-5-13-28(30,31)38-22-14-17(10-9-15(22)2)33-26(35)23-18(29)7-6-8-19(23)34-27(36)24-21(37-4)12-11-20-25(24)39-16(3)32-20/h6-12,14H,5,13H2,1-4H3,(H,33,35)(H,34,36). The molecule has 0 saturated heterocycles. The Balaban J connectivity index is 1.63. The summed E-state index contributed by atoms with van der Waals surface area (Å²) < 4.78 is 53.9. The molecule has 3 aromatic carbocycles. The number of aromatic nitrogens is 1. The predicted molar refractivity (Wildman–Crippen MR) is 145 cm³/mol. The third-order valence-electron chi connectivity index (χ3n) is 5.81. The smallest absolute Gasteiger partial charge is 0.397 e. The number of rotatable bonds is 9. The van der Waals surface area contributed by atoms with E-state index in [2.05, 4.69) is 15.6 Å². The SMILES string of the molecule is CCCC(F)(F)Oc1cc(NC(=O)c2c(F)cccc2NC(=O)c2c(OC)ccc3nc(C)sc23)ccc1C. The van der Waals surface area contributed by atoms with Gasteiger partial charge in [0.1, 0.15) is 22.9 Å². The number of halogens is 3. The van der Waals surface area contributed by atoms with E-state index in [0.29, 0.717) is 15.8 Å². The molecule has 1 aromatic heterocycles. The fourth-order valence-corrected chi connectivity index (χ4v) is 4.95. The maximum Gasteiger partial charge on any atom is 0.397 e. The zero-order valence-electron chi connectivity index (χ0n) is 21.7. The maximum absolute atomic E-state index is 14.9. The van der Waals surface area contributed by atoms with Crippen molar-refractivity contribution in [2.24, 2.45) is 0 Å². The Morgan fingerprint density at radius 3 is 2.46 bits per heavy atom. The lowest BCUT2D eigenvalue weighted by molar-refractivity contribution is -0.180. The summed E-state index contributed by atoms with van der Waals surface area (Å²) in [5.74, 6) is -2.23. The van der Waals surface area contributed by atoms with Crippen LogP contribution in [0.2, 0.25) is 0 Å². The fraction of sp³-hybridized carbons (Fsp3) is 0.250. The molecule has 0 unspecified atom stereocenters. The lowest BCUT2D eigenvalue weighted by Crippen LogP contribution is -2.24. The molecule has 0 fully saturated rings. The lowest BCUT2D eigenvalue weighted by Gasteiger charge is -2.19. The highest BCUT2D eigenvalue weighted by Crippen LogP contribution is 2.34. The minimum Gasteiger partial charge on any atom is -0.496 e. The van der Waals surface area contributed by atoms with Crippen molar-refractivity contribution in [2.75, 3.05) is 17.7 Å². The summed E-state index contributed by atoms with van der Waals surface area (Å²) in [4.78, 5) is 30.9. The van der Waals surface area contributed by atoms with E-state index in [1.807, 2.05) is 0 Å². The summed E-state index contributed by atoms with van der Waals surface area (Å²) in [5.41, 5.74) is 0.823. The van der Waals surface area contributed by atoms with Gasteiger partial charge in [0.25, 0.3) is 11.8 Å². The summed E-state index contributed by atoms with van der Waals surface area (Å²) in [7, 11) is 1.42. The van der Waals surface area contributed by atoms with Crippen molar-refractivity contribution in [1.82, 2.24) is 4.98 Å². The fourth-order valence-electron chi connectivity index (χ4n) is 4.00. The second-order valence-corrected chi connectivity index (χ2v) is 9.97. The van der Waals surface area contributed by atoms with E-state index in [1.165, 1.54) is 48.8 Å². The number of anilines is 2. The van der Waals surface area contributed by atoms with Gasteiger partial charge in [0, 0.05) is 11.8 Å². The highest BCUT2D eigenvalue weighted by molar-refractivity contribution is 7.19. The number of methoxy groups -OCH3 is 1. The zero-order chi connectivity index (χ0) is 28.3. The lowest BCUT2D eigenvalue weighted by atomic mass is 10.1. The molecular weight excluding hydrogens is 531 g/mol. The van der Waals surface area contributed by atoms with E-state index >= 15 is 0 Å². The molecule has 0 radical (unpaired) electrons. The monoisotopic (exact) mass is 557 g/mol. The van der Waals surface area contributed by atoms with E-state index in [0.717, 1.165) is 11.1 Å². The Bertz CT molecular complexity index is 1550. The predicted octanol–water partition coefficient (Wildman–Crippen LogP) is 7.34. The minimum absolute atomic E-state index is 0.0872. The van der Waals surface area contributed by atoms with E-state index in [4.69, 9.17) is 9.47 Å². The Morgan fingerprint density at radius 2 is 1.74 bits per heavy atom. The number of alkyl halides is 2. The van der Waals surface area contributed by atoms with E-state index in [9.17, 15) is 22.8 Å². The summed E-state index contributed by atoms with van der Waals surface area (Å²) in [5, 5.41) is 5.86. The number of nitrogens with one attached hydrogen (secondary N) is 2. The average Bonchev–Trinajstić information content (AvgIpc) is 3.25. The van der Waals surface area contributed by atoms with Gasteiger partial charge < -0.3 is 20.1 Å². The van der Waals surface area contributed by atoms with Crippen LogP contribution in [0.1, 0.15) is 51.1 Å². The van der Waals surface area contributed by atoms with Gasteiger partial charge in [-0.15, -0.1) is 11.3 Å². The van der Waals surface area contributed by atoms with Gasteiger partial charge in [-0.25, -0.2) is 9.37 Å². The molecule has 4 rings (SSSR count). The number of fused-ring (bicyclic) bond motifs is 1. The first kappa shape index (κ1) is 27.9. The third-order valence-corrected chi connectivity index (χ3v) is 6.81. The normalized spacial score (nSPS) is 11.4. The van der Waals surface area contributed by atoms with Crippen LogP contribution >= 0.6 is 11.3 Å². The topological polar surface area (TPSA) is 89.6 Å². The molecule has 39 heavy (non-hydrogen) atoms. The number of hydrogen-bond acceptors (Lipinski definition) is 6. The van der Waals surface area contributed by atoms with Crippen LogP contribution in [0.25, 0.3) is 10.2 Å². The number of hydrogen-bond donors (Lipinski definition) is 2. The van der Waals surface area contributed by atoms with Crippen molar-refractivity contribution in [3.63, 3.8) is 0 Å². The van der Waals surface area contributed by atoms with Crippen molar-refractivity contribution < 1.29 is 32.2 Å². The summed E-state index contributed by atoms with van der Waals surface area (Å²) in [6, 6.07) is 11.4. The van der Waals surface area contributed by atoms with Crippen LogP contribution < -0.4 is 20.1 Å². The number of ether oxygens (including phenoxy) is 2. The quantitative estimate of drug-likeness (QED) is 0.225. The summed E-state index contributed by atoms with van der Waals surface area (Å²) in [6.45, 7) is 5.01. The van der Waals surface area contributed by atoms with Crippen molar-refractivity contribution in [1.29, 1.82) is 0 Å². The minimum atomic E-state index is -3.38. The highest BCUT2D eigenvalue weighted by Gasteiger charge is 2.31. The molecule has 0 aliphatic heterocycles. The highest BCUT2D eigenvalue weighted by atomic mass is 32.1. The van der Waals surface area contributed by atoms with E-state index in [-0.39, 0.29) is 34.9 Å². The van der Waals surface area contributed by atoms with Gasteiger partial charge in [0.2, 0.25) is 0 Å². The number of carbonyl (C=O) groups is 2. The van der Waals surface area contributed by atoms with Crippen LogP contribution in [-0.4, -0.2) is 30.0 Å². The van der Waals surface area contributed by atoms with Crippen molar-refractivity contribution in [3.05, 3.63) is 76.0 Å². The number of benzene rings is 3. The number of carbonyl (C=O) groups excluding carboxylic acids is 2. The first-order chi connectivity index (χ1) is 18.5. The molecule has 4 aromatic rings. The zero-order valence-corrected chi connectivity index (χ0v) is 22.5. The van der Waals surface area contributed by atoms with E-state index < -0.39 is 35.7 Å². The molecule has 0 atom stereocenters. The molecule has 11 heteroatoms. The van der Waals surface area contributed by atoms with Gasteiger partial charge in [-0.05, 0) is 56.2 Å². The van der Waals surface area contributed by atoms with Gasteiger partial charge in [0.05, 0.1) is 40.0 Å². The number of amides is 2. The van der Waals surface area contributed by atoms with Crippen LogP contribution in [0.3, 0.4) is 0 Å². The first-order valence-corrected chi connectivity index (χ1v) is 12.9. The summed E-state index contributed by atoms with van der Waals surface area (Å²) in [6.07, 6.45) is -3.64. The largest absolute Gasteiger partial charge is 0.496 e. The molecule has 0 spiro atoms. The van der Waals surface area contributed by atoms with Crippen LogP contribution in [0.15, 0.2) is 48.5 Å². The van der Waals surface area contributed by atoms with Crippen LogP contribution in [-0.2, 0) is 0 Å². The molecule has 2 N–H and O–H groups in total. The third kappa shape index (κ3) is 6.14. The number of aryl methyl sites for hydroxylation is 2. The number of nitrogens with zero attached hydrogens (tertiary/aromatic N) is 1. The van der Waals surface area contributed by atoms with Crippen molar-refractivity contribution in [3.8, 4) is 11.5 Å². The van der Waals surface area contributed by atoms with Gasteiger partial charge in [-0.3, -0.25) is 9.59 Å². The molecule has 0 aliphatic rings. The van der Waals surface area contributed by atoms with E-state index in [1.54, 1.807) is 32.9 Å². The Hall–Kier alpha value is -4.12. The molecule has 0 saturated carbocycles. The van der Waals surface area contributed by atoms with Crippen molar-refractivity contribution in [2.45, 2.75) is 39.7 Å². The number of thiazole rings is 1. The van der Waals surface area contributed by atoms with Gasteiger partial charge in [-0.2, -0.15) is 8.78 Å². The maximum atomic E-state index is 14.9. The van der Waals surface area contributed by atoms with Gasteiger partial charge in [-0.1, -0.05) is 19.1 Å². The van der Waals surface area contributed by atoms with Gasteiger partial charge in [0.15, 0.2) is 0 Å². The first-order valence-electron chi connectivity index (χ1n) is 12.1. The molecule has 0 bridgehead atoms. The summed E-state index contributed by atoms with van der Waals surface area (Å²) >= 11 is 1.30. The second-order valence-electron chi connectivity index (χ2n) is 8.76. The molecule has 7 nitrogen and oxygen atoms in total. The molecule has 0 aliphatic carbocycles. The Morgan fingerprint density at radius 1 is 1.00 bits per heavy atom. The van der Waals surface area contributed by atoms with Crippen LogP contribution in [0.4, 0.5) is 24.5 Å². The average molecular weight is 558 g/mol. The van der Waals surface area contributed by atoms with Crippen LogP contribution in [0.5, 0.6) is 11.5 Å².